The number of carbonyl (C=O) groups is 1. The second kappa shape index (κ2) is 13.0. The summed E-state index contributed by atoms with van der Waals surface area (Å²) in [4.78, 5) is 46.9. The largest absolute Gasteiger partial charge is 0.480 e. The predicted octanol–water partition coefficient (Wildman–Crippen LogP) is 4.13. The molecule has 0 bridgehead atoms. The van der Waals surface area contributed by atoms with Crippen LogP contribution in [0.2, 0.25) is 10.0 Å². The topological polar surface area (TPSA) is 132 Å². The highest BCUT2D eigenvalue weighted by molar-refractivity contribution is 6.39. The molecule has 5 rings (SSSR count). The summed E-state index contributed by atoms with van der Waals surface area (Å²) in [6.07, 6.45) is 4.86. The van der Waals surface area contributed by atoms with Crippen molar-refractivity contribution in [2.75, 3.05) is 19.0 Å². The lowest BCUT2D eigenvalue weighted by atomic mass is 10.0. The zero-order chi connectivity index (χ0) is 31.5. The highest BCUT2D eigenvalue weighted by Gasteiger charge is 2.21. The average molecular weight is 637 g/mol. The molecule has 1 fully saturated rings. The van der Waals surface area contributed by atoms with Crippen LogP contribution in [-0.4, -0.2) is 44.7 Å². The third-order valence-corrected chi connectivity index (χ3v) is 8.21. The van der Waals surface area contributed by atoms with Gasteiger partial charge in [0.1, 0.15) is 11.3 Å². The van der Waals surface area contributed by atoms with Crippen LogP contribution in [0, 0.1) is 0 Å². The third kappa shape index (κ3) is 6.26. The number of halogens is 2. The third-order valence-electron chi connectivity index (χ3n) is 7.39. The second-order valence-corrected chi connectivity index (χ2v) is 11.2. The van der Waals surface area contributed by atoms with Gasteiger partial charge >= 0.3 is 5.69 Å². The van der Waals surface area contributed by atoms with Crippen LogP contribution >= 0.6 is 23.2 Å². The van der Waals surface area contributed by atoms with E-state index in [-0.39, 0.29) is 16.3 Å². The maximum atomic E-state index is 13.0. The lowest BCUT2D eigenvalue weighted by molar-refractivity contribution is 0.102. The Balaban J connectivity index is 1.40. The molecular formula is C31H31Cl2N7O4. The Morgan fingerprint density at radius 3 is 2.52 bits per heavy atom. The van der Waals surface area contributed by atoms with E-state index in [9.17, 15) is 14.4 Å². The number of benzene rings is 2. The van der Waals surface area contributed by atoms with Crippen LogP contribution in [-0.2, 0) is 20.6 Å². The van der Waals surface area contributed by atoms with E-state index in [1.165, 1.54) is 20.3 Å². The first-order valence-corrected chi connectivity index (χ1v) is 14.5. The number of nitrogens with one attached hydrogen (secondary N) is 3. The molecule has 1 saturated heterocycles. The molecule has 0 aliphatic carbocycles. The van der Waals surface area contributed by atoms with Crippen molar-refractivity contribution in [3.05, 3.63) is 103 Å². The summed E-state index contributed by atoms with van der Waals surface area (Å²) in [5, 5.41) is 10.0. The minimum absolute atomic E-state index is 0.205. The molecule has 3 N–H and O–H groups in total. The molecule has 228 valence electrons. The summed E-state index contributed by atoms with van der Waals surface area (Å²) in [6.45, 7) is 5.22. The summed E-state index contributed by atoms with van der Waals surface area (Å²) in [5.74, 6) is -0.324. The van der Waals surface area contributed by atoms with Gasteiger partial charge in [-0.3, -0.25) is 19.1 Å². The molecule has 4 aromatic rings. The van der Waals surface area contributed by atoms with E-state index in [1.54, 1.807) is 37.6 Å². The van der Waals surface area contributed by atoms with Gasteiger partial charge in [-0.2, -0.15) is 0 Å². The van der Waals surface area contributed by atoms with Crippen molar-refractivity contribution >= 4 is 34.8 Å². The van der Waals surface area contributed by atoms with Crippen LogP contribution in [0.25, 0.3) is 22.4 Å². The predicted molar refractivity (Wildman–Crippen MR) is 171 cm³/mol. The lowest BCUT2D eigenvalue weighted by Crippen LogP contribution is -2.40. The quantitative estimate of drug-likeness (QED) is 0.250. The molecule has 0 saturated carbocycles. The number of methoxy groups -OCH3 is 1. The molecular weight excluding hydrogens is 605 g/mol. The van der Waals surface area contributed by atoms with Crippen LogP contribution in [0.15, 0.2) is 70.7 Å². The van der Waals surface area contributed by atoms with Gasteiger partial charge in [0.15, 0.2) is 0 Å². The van der Waals surface area contributed by atoms with Gasteiger partial charge in [0.2, 0.25) is 5.88 Å². The molecule has 2 aromatic carbocycles. The number of rotatable bonds is 9. The summed E-state index contributed by atoms with van der Waals surface area (Å²) < 4.78 is 7.57. The molecule has 1 aliphatic rings. The Morgan fingerprint density at radius 1 is 1.11 bits per heavy atom. The van der Waals surface area contributed by atoms with Crippen LogP contribution < -0.4 is 31.9 Å². The Morgan fingerprint density at radius 2 is 1.82 bits per heavy atom. The van der Waals surface area contributed by atoms with Gasteiger partial charge in [-0.05, 0) is 18.9 Å². The van der Waals surface area contributed by atoms with Crippen molar-refractivity contribution in [2.45, 2.75) is 25.4 Å². The van der Waals surface area contributed by atoms with Gasteiger partial charge in [0.25, 0.3) is 11.5 Å². The van der Waals surface area contributed by atoms with Crippen LogP contribution in [0.4, 0.5) is 5.69 Å². The normalized spacial score (nSPS) is 14.4. The molecule has 0 radical (unpaired) electrons. The van der Waals surface area contributed by atoms with Crippen molar-refractivity contribution in [1.29, 1.82) is 0 Å². The van der Waals surface area contributed by atoms with Gasteiger partial charge in [-0.1, -0.05) is 60.1 Å². The molecule has 2 aromatic heterocycles. The number of aryl methyl sites for hydroxylation is 1. The van der Waals surface area contributed by atoms with Gasteiger partial charge < -0.3 is 25.3 Å². The van der Waals surface area contributed by atoms with Crippen LogP contribution in [0.1, 0.15) is 28.9 Å². The van der Waals surface area contributed by atoms with Gasteiger partial charge in [-0.15, -0.1) is 0 Å². The Bertz CT molecular complexity index is 1890. The van der Waals surface area contributed by atoms with Crippen LogP contribution in [0.3, 0.4) is 0 Å². The number of aromatic nitrogens is 4. The van der Waals surface area contributed by atoms with Gasteiger partial charge in [0, 0.05) is 61.8 Å². The second-order valence-electron chi connectivity index (χ2n) is 10.4. The number of amides is 1. The molecule has 44 heavy (non-hydrogen) atoms. The lowest BCUT2D eigenvalue weighted by Gasteiger charge is -2.15. The first-order valence-electron chi connectivity index (χ1n) is 13.8. The maximum Gasteiger partial charge on any atom is 0.330 e. The minimum Gasteiger partial charge on any atom is -0.480 e. The SMILES string of the molecule is C=C1CC[C@H](CNCc2ncc(-c3cccc(-c4cccc(NC(=O)c5cn(C)c(=O)n(C)c5=O)c4Cl)c3Cl)nc2OC)N1. The molecule has 11 nitrogen and oxygen atoms in total. The Hall–Kier alpha value is -4.45. The van der Waals surface area contributed by atoms with Gasteiger partial charge in [-0.25, -0.2) is 9.78 Å². The van der Waals surface area contributed by atoms with E-state index < -0.39 is 17.2 Å². The van der Waals surface area contributed by atoms with Crippen molar-refractivity contribution in [3.8, 4) is 28.3 Å². The highest BCUT2D eigenvalue weighted by atomic mass is 35.5. The molecule has 1 amide bonds. The van der Waals surface area contributed by atoms with E-state index in [0.717, 1.165) is 34.2 Å². The van der Waals surface area contributed by atoms with Crippen LogP contribution in [0.5, 0.6) is 5.88 Å². The monoisotopic (exact) mass is 635 g/mol. The highest BCUT2D eigenvalue weighted by Crippen LogP contribution is 2.41. The fraction of sp³-hybridized carbons (Fsp3) is 0.258. The maximum absolute atomic E-state index is 13.0. The molecule has 3 heterocycles. The van der Waals surface area contributed by atoms with E-state index in [1.807, 2.05) is 12.1 Å². The average Bonchev–Trinajstić information content (AvgIpc) is 3.44. The smallest absolute Gasteiger partial charge is 0.330 e. The summed E-state index contributed by atoms with van der Waals surface area (Å²) in [7, 11) is 4.31. The number of hydrogen-bond acceptors (Lipinski definition) is 8. The molecule has 1 aliphatic heterocycles. The summed E-state index contributed by atoms with van der Waals surface area (Å²) in [6, 6.07) is 10.9. The van der Waals surface area contributed by atoms with Crippen molar-refractivity contribution in [1.82, 2.24) is 29.7 Å². The Labute approximate surface area is 263 Å². The molecule has 0 spiro atoms. The fourth-order valence-corrected chi connectivity index (χ4v) is 5.64. The first kappa shape index (κ1) is 31.0. The van der Waals surface area contributed by atoms with E-state index in [4.69, 9.17) is 27.9 Å². The number of hydrogen-bond donors (Lipinski definition) is 3. The van der Waals surface area contributed by atoms with E-state index >= 15 is 0 Å². The van der Waals surface area contributed by atoms with Crippen molar-refractivity contribution in [2.24, 2.45) is 14.1 Å². The zero-order valence-electron chi connectivity index (χ0n) is 24.4. The molecule has 0 unspecified atom stereocenters. The minimum atomic E-state index is -0.718. The summed E-state index contributed by atoms with van der Waals surface area (Å²) in [5.41, 5.74) is 2.80. The number of ether oxygens (including phenoxy) is 1. The molecule has 13 heteroatoms. The molecule has 1 atom stereocenters. The summed E-state index contributed by atoms with van der Waals surface area (Å²) >= 11 is 13.7. The van der Waals surface area contributed by atoms with Crippen molar-refractivity contribution in [3.63, 3.8) is 0 Å². The first-order chi connectivity index (χ1) is 21.1. The van der Waals surface area contributed by atoms with Gasteiger partial charge in [0.05, 0.1) is 34.7 Å². The Kier molecular flexibility index (Phi) is 9.19. The van der Waals surface area contributed by atoms with E-state index in [0.29, 0.717) is 51.6 Å². The number of anilines is 1. The number of nitrogens with zero attached hydrogens (tertiary/aromatic N) is 4. The zero-order valence-corrected chi connectivity index (χ0v) is 25.9. The standard InChI is InChI=1S/C31H31Cl2N7O4/c1-17-11-12-18(36-17)13-34-14-25-29(44-4)38-24(15-35-25)21-9-5-7-19(26(21)32)20-8-6-10-23(27(20)33)37-28(41)22-16-39(2)31(43)40(3)30(22)42/h5-10,15-16,18,34,36H,1,11-14H2,2-4H3,(H,37,41)/t18-/m1/s1. The van der Waals surface area contributed by atoms with Crippen molar-refractivity contribution < 1.29 is 9.53 Å². The number of allylic oxidation sites excluding steroid dienone is 1. The number of carbonyl (C=O) groups excluding carboxylic acids is 1. The van der Waals surface area contributed by atoms with E-state index in [2.05, 4.69) is 32.5 Å². The fourth-order valence-electron chi connectivity index (χ4n) is 5.04.